The molecule has 0 unspecified atom stereocenters. The molecule has 3 nitrogen and oxygen atoms in total. The van der Waals surface area contributed by atoms with Crippen molar-refractivity contribution in [3.05, 3.63) is 16.4 Å². The molecule has 0 fully saturated rings. The molecular weight excluding hydrogens is 260 g/mol. The summed E-state index contributed by atoms with van der Waals surface area (Å²) in [6.45, 7) is -1.29. The summed E-state index contributed by atoms with van der Waals surface area (Å²) in [6.07, 6.45) is 0. The van der Waals surface area contributed by atoms with Crippen molar-refractivity contribution in [3.63, 3.8) is 0 Å². The Bertz CT molecular complexity index is 333. The van der Waals surface area contributed by atoms with Crippen LogP contribution in [0, 0.1) is 6.92 Å². The smallest absolute Gasteiger partial charge is 0.387 e. The molecule has 0 aliphatic carbocycles. The Morgan fingerprint density at radius 1 is 1.43 bits per heavy atom. The number of methoxy groups -OCH3 is 1. The van der Waals surface area contributed by atoms with Gasteiger partial charge in [0.05, 0.1) is 12.8 Å². The second-order valence-electron chi connectivity index (χ2n) is 2.44. The highest BCUT2D eigenvalue weighted by atomic mass is 79.9. The Balaban J connectivity index is 3.04. The second kappa shape index (κ2) is 4.54. The Hall–Kier alpha value is -0.910. The maximum absolute atomic E-state index is 11.9. The largest absolute Gasteiger partial charge is 0.494 e. The maximum atomic E-state index is 11.9. The number of aryl methyl sites for hydroxylation is 1. The standard InChI is InChI=1S/C8H8BrF2NO2/c1-4-5(14-8(10)11)3-6(13-2)7(9)12-4/h3,8H,1-2H3. The van der Waals surface area contributed by atoms with E-state index in [9.17, 15) is 8.78 Å². The molecule has 0 aliphatic rings. The van der Waals surface area contributed by atoms with E-state index in [1.54, 1.807) is 6.92 Å². The third-order valence-corrected chi connectivity index (χ3v) is 2.09. The zero-order chi connectivity index (χ0) is 10.7. The van der Waals surface area contributed by atoms with Crippen LogP contribution in [0.5, 0.6) is 11.5 Å². The highest BCUT2D eigenvalue weighted by Crippen LogP contribution is 2.30. The van der Waals surface area contributed by atoms with Crippen molar-refractivity contribution in [2.24, 2.45) is 0 Å². The van der Waals surface area contributed by atoms with Crippen LogP contribution < -0.4 is 9.47 Å². The van der Waals surface area contributed by atoms with Crippen molar-refractivity contribution < 1.29 is 18.3 Å². The highest BCUT2D eigenvalue weighted by Gasteiger charge is 2.12. The van der Waals surface area contributed by atoms with Gasteiger partial charge in [-0.05, 0) is 22.9 Å². The SMILES string of the molecule is COc1cc(OC(F)F)c(C)nc1Br. The number of pyridine rings is 1. The molecular formula is C8H8BrF2NO2. The highest BCUT2D eigenvalue weighted by molar-refractivity contribution is 9.10. The quantitative estimate of drug-likeness (QED) is 0.790. The fourth-order valence-corrected chi connectivity index (χ4v) is 1.44. The molecule has 0 aliphatic heterocycles. The number of hydrogen-bond donors (Lipinski definition) is 0. The van der Waals surface area contributed by atoms with E-state index < -0.39 is 6.61 Å². The number of halogens is 3. The van der Waals surface area contributed by atoms with E-state index in [1.807, 2.05) is 0 Å². The van der Waals surface area contributed by atoms with Gasteiger partial charge in [-0.2, -0.15) is 8.78 Å². The third kappa shape index (κ3) is 2.54. The van der Waals surface area contributed by atoms with Crippen molar-refractivity contribution in [2.75, 3.05) is 7.11 Å². The molecule has 1 heterocycles. The van der Waals surface area contributed by atoms with Gasteiger partial charge in [0.15, 0.2) is 11.5 Å². The van der Waals surface area contributed by atoms with E-state index in [0.29, 0.717) is 16.0 Å². The average Bonchev–Trinajstić information content (AvgIpc) is 2.09. The van der Waals surface area contributed by atoms with Crippen LogP contribution in [0.25, 0.3) is 0 Å². The van der Waals surface area contributed by atoms with Gasteiger partial charge >= 0.3 is 6.61 Å². The van der Waals surface area contributed by atoms with E-state index >= 15 is 0 Å². The predicted octanol–water partition coefficient (Wildman–Crippen LogP) is 2.76. The number of rotatable bonds is 3. The van der Waals surface area contributed by atoms with Gasteiger partial charge in [-0.1, -0.05) is 0 Å². The van der Waals surface area contributed by atoms with Crippen LogP contribution in [-0.2, 0) is 0 Å². The Morgan fingerprint density at radius 3 is 2.57 bits per heavy atom. The van der Waals surface area contributed by atoms with E-state index in [4.69, 9.17) is 4.74 Å². The van der Waals surface area contributed by atoms with Crippen molar-refractivity contribution in [3.8, 4) is 11.5 Å². The minimum absolute atomic E-state index is 0.0139. The minimum atomic E-state index is -2.86. The maximum Gasteiger partial charge on any atom is 0.387 e. The lowest BCUT2D eigenvalue weighted by atomic mass is 10.3. The predicted molar refractivity (Wildman–Crippen MR) is 49.9 cm³/mol. The normalized spacial score (nSPS) is 10.4. The van der Waals surface area contributed by atoms with Gasteiger partial charge in [-0.15, -0.1) is 0 Å². The summed E-state index contributed by atoms with van der Waals surface area (Å²) < 4.78 is 33.5. The topological polar surface area (TPSA) is 31.4 Å². The van der Waals surface area contributed by atoms with Gasteiger partial charge in [0, 0.05) is 6.07 Å². The lowest BCUT2D eigenvalue weighted by molar-refractivity contribution is -0.0506. The molecule has 1 aromatic rings. The molecule has 0 atom stereocenters. The van der Waals surface area contributed by atoms with Crippen molar-refractivity contribution in [2.45, 2.75) is 13.5 Å². The van der Waals surface area contributed by atoms with Gasteiger partial charge in [0.2, 0.25) is 0 Å². The molecule has 0 aromatic carbocycles. The molecule has 1 rings (SSSR count). The van der Waals surface area contributed by atoms with Gasteiger partial charge in [-0.25, -0.2) is 4.98 Å². The number of nitrogens with zero attached hydrogens (tertiary/aromatic N) is 1. The van der Waals surface area contributed by atoms with Crippen LogP contribution in [-0.4, -0.2) is 18.7 Å². The van der Waals surface area contributed by atoms with Crippen LogP contribution in [0.3, 0.4) is 0 Å². The molecule has 6 heteroatoms. The van der Waals surface area contributed by atoms with Crippen LogP contribution in [0.15, 0.2) is 10.7 Å². The zero-order valence-electron chi connectivity index (χ0n) is 7.55. The van der Waals surface area contributed by atoms with Crippen LogP contribution >= 0.6 is 15.9 Å². The molecule has 0 amide bonds. The first-order valence-corrected chi connectivity index (χ1v) is 4.50. The average molecular weight is 268 g/mol. The van der Waals surface area contributed by atoms with Gasteiger partial charge < -0.3 is 9.47 Å². The molecule has 1 aromatic heterocycles. The minimum Gasteiger partial charge on any atom is -0.494 e. The monoisotopic (exact) mass is 267 g/mol. The first kappa shape index (κ1) is 11.2. The number of hydrogen-bond acceptors (Lipinski definition) is 3. The van der Waals surface area contributed by atoms with E-state index in [-0.39, 0.29) is 5.75 Å². The molecule has 0 saturated carbocycles. The molecule has 0 spiro atoms. The zero-order valence-corrected chi connectivity index (χ0v) is 9.14. The third-order valence-electron chi connectivity index (χ3n) is 1.52. The summed E-state index contributed by atoms with van der Waals surface area (Å²) in [5.74, 6) is 0.367. The number of aromatic nitrogens is 1. The summed E-state index contributed by atoms with van der Waals surface area (Å²) in [5, 5.41) is 0. The lowest BCUT2D eigenvalue weighted by Crippen LogP contribution is -2.05. The van der Waals surface area contributed by atoms with Gasteiger partial charge in [-0.3, -0.25) is 0 Å². The van der Waals surface area contributed by atoms with Crippen molar-refractivity contribution in [1.29, 1.82) is 0 Å². The van der Waals surface area contributed by atoms with Crippen LogP contribution in [0.4, 0.5) is 8.78 Å². The summed E-state index contributed by atoms with van der Waals surface area (Å²) in [6, 6.07) is 1.36. The molecule has 78 valence electrons. The first-order chi connectivity index (χ1) is 6.54. The van der Waals surface area contributed by atoms with Gasteiger partial charge in [0.25, 0.3) is 0 Å². The fraction of sp³-hybridized carbons (Fsp3) is 0.375. The molecule has 14 heavy (non-hydrogen) atoms. The number of ether oxygens (including phenoxy) is 2. The summed E-state index contributed by atoms with van der Waals surface area (Å²) in [7, 11) is 1.42. The van der Waals surface area contributed by atoms with Crippen LogP contribution in [0.2, 0.25) is 0 Å². The van der Waals surface area contributed by atoms with Gasteiger partial charge in [0.1, 0.15) is 4.60 Å². The summed E-state index contributed by atoms with van der Waals surface area (Å²) in [5.41, 5.74) is 0.373. The van der Waals surface area contributed by atoms with E-state index in [2.05, 4.69) is 25.7 Å². The molecule has 0 bridgehead atoms. The fourth-order valence-electron chi connectivity index (χ4n) is 0.899. The number of alkyl halides is 2. The Labute approximate surface area is 88.2 Å². The van der Waals surface area contributed by atoms with E-state index in [0.717, 1.165) is 0 Å². The van der Waals surface area contributed by atoms with Crippen molar-refractivity contribution in [1.82, 2.24) is 4.98 Å². The van der Waals surface area contributed by atoms with Crippen LogP contribution in [0.1, 0.15) is 5.69 Å². The molecule has 0 N–H and O–H groups in total. The Kier molecular flexibility index (Phi) is 3.62. The molecule has 0 radical (unpaired) electrons. The van der Waals surface area contributed by atoms with Crippen molar-refractivity contribution >= 4 is 15.9 Å². The second-order valence-corrected chi connectivity index (χ2v) is 3.19. The summed E-state index contributed by atoms with van der Waals surface area (Å²) >= 11 is 3.13. The molecule has 0 saturated heterocycles. The lowest BCUT2D eigenvalue weighted by Gasteiger charge is -2.09. The van der Waals surface area contributed by atoms with E-state index in [1.165, 1.54) is 13.2 Å². The summed E-state index contributed by atoms with van der Waals surface area (Å²) in [4.78, 5) is 3.93. The Morgan fingerprint density at radius 2 is 2.07 bits per heavy atom. The first-order valence-electron chi connectivity index (χ1n) is 3.70.